The van der Waals surface area contributed by atoms with Gasteiger partial charge in [-0.2, -0.15) is 0 Å². The predicted octanol–water partition coefficient (Wildman–Crippen LogP) is 4.60. The Kier molecular flexibility index (Phi) is 6.39. The lowest BCUT2D eigenvalue weighted by atomic mass is 9.90. The summed E-state index contributed by atoms with van der Waals surface area (Å²) in [6.07, 6.45) is 6.57. The summed E-state index contributed by atoms with van der Waals surface area (Å²) in [7, 11) is 0. The van der Waals surface area contributed by atoms with Crippen LogP contribution in [0.5, 0.6) is 0 Å². The van der Waals surface area contributed by atoms with E-state index >= 15 is 0 Å². The molecule has 2 atom stereocenters. The van der Waals surface area contributed by atoms with Gasteiger partial charge in [0.1, 0.15) is 11.5 Å². The molecule has 1 aliphatic heterocycles. The summed E-state index contributed by atoms with van der Waals surface area (Å²) in [5, 5.41) is 10.5. The number of rotatable bonds is 7. The third-order valence-electron chi connectivity index (χ3n) is 7.81. The number of anilines is 1. The van der Waals surface area contributed by atoms with E-state index in [1.165, 1.54) is 24.1 Å². The number of fused-ring (bicyclic) bond motifs is 2. The first-order valence-corrected chi connectivity index (χ1v) is 12.6. The van der Waals surface area contributed by atoms with Crippen LogP contribution in [0.25, 0.3) is 5.65 Å². The first-order valence-electron chi connectivity index (χ1n) is 12.6. The molecule has 0 amide bonds. The molecule has 0 bridgehead atoms. The zero-order valence-corrected chi connectivity index (χ0v) is 20.2. The molecule has 0 saturated carbocycles. The molecule has 1 fully saturated rings. The second-order valence-electron chi connectivity index (χ2n) is 10.00. The third-order valence-corrected chi connectivity index (χ3v) is 7.81. The van der Waals surface area contributed by atoms with Crippen molar-refractivity contribution in [2.75, 3.05) is 24.5 Å². The first kappa shape index (κ1) is 22.4. The number of aliphatic hydroxyl groups is 1. The Morgan fingerprint density at radius 2 is 2.06 bits per heavy atom. The Balaban J connectivity index is 1.48. The number of nitrogens with zero attached hydrogens (tertiary/aromatic N) is 5. The van der Waals surface area contributed by atoms with E-state index in [1.54, 1.807) is 0 Å². The van der Waals surface area contributed by atoms with Crippen molar-refractivity contribution in [3.8, 4) is 0 Å². The number of aliphatic hydroxyl groups excluding tert-OH is 1. The average Bonchev–Trinajstić information content (AvgIpc) is 3.47. The molecule has 2 aliphatic rings. The molecule has 0 radical (unpaired) electrons. The van der Waals surface area contributed by atoms with E-state index in [1.807, 2.05) is 12.3 Å². The summed E-state index contributed by atoms with van der Waals surface area (Å²) in [6.45, 7) is 10.6. The molecule has 3 aromatic rings. The van der Waals surface area contributed by atoms with Crippen LogP contribution in [0.3, 0.4) is 0 Å². The topological polar surface area (TPSA) is 56.9 Å². The molecule has 0 aromatic carbocycles. The van der Waals surface area contributed by atoms with Gasteiger partial charge in [-0.3, -0.25) is 14.3 Å². The van der Waals surface area contributed by atoms with Crippen molar-refractivity contribution in [1.29, 1.82) is 0 Å². The smallest absolute Gasteiger partial charge is 0.138 e. The van der Waals surface area contributed by atoms with Gasteiger partial charge in [-0.1, -0.05) is 32.9 Å². The second kappa shape index (κ2) is 9.43. The highest BCUT2D eigenvalue weighted by Crippen LogP contribution is 2.35. The molecule has 3 aromatic heterocycles. The molecule has 5 rings (SSSR count). The van der Waals surface area contributed by atoms with Crippen molar-refractivity contribution >= 4 is 11.5 Å². The zero-order valence-electron chi connectivity index (χ0n) is 20.2. The monoisotopic (exact) mass is 447 g/mol. The van der Waals surface area contributed by atoms with Gasteiger partial charge in [-0.15, -0.1) is 0 Å². The molecule has 1 N–H and O–H groups in total. The highest BCUT2D eigenvalue weighted by molar-refractivity contribution is 5.55. The van der Waals surface area contributed by atoms with E-state index in [4.69, 9.17) is 9.97 Å². The van der Waals surface area contributed by atoms with Gasteiger partial charge in [0.25, 0.3) is 0 Å². The van der Waals surface area contributed by atoms with Crippen LogP contribution in [0.15, 0.2) is 36.5 Å². The van der Waals surface area contributed by atoms with Gasteiger partial charge in [0.15, 0.2) is 0 Å². The molecule has 1 aliphatic carbocycles. The van der Waals surface area contributed by atoms with Gasteiger partial charge in [-0.05, 0) is 67.8 Å². The van der Waals surface area contributed by atoms with Crippen molar-refractivity contribution in [3.05, 3.63) is 59.2 Å². The van der Waals surface area contributed by atoms with Crippen LogP contribution in [0.2, 0.25) is 0 Å². The highest BCUT2D eigenvalue weighted by Gasteiger charge is 2.30. The summed E-state index contributed by atoms with van der Waals surface area (Å²) < 4.78 is 2.19. The molecule has 176 valence electrons. The minimum Gasteiger partial charge on any atom is -0.390 e. The second-order valence-corrected chi connectivity index (χ2v) is 10.00. The van der Waals surface area contributed by atoms with Crippen molar-refractivity contribution in [2.45, 2.75) is 65.6 Å². The minimum absolute atomic E-state index is 0.00792. The molecule has 1 saturated heterocycles. The molecule has 0 spiro atoms. The zero-order chi connectivity index (χ0) is 22.9. The SMILES string of the molecule is CCN(Cc1nc2cccc(N3CCC(C(C)C)C3)n2c1CO)[C@H]1CCCc2cccnc21. The Bertz CT molecular complexity index is 1110. The Morgan fingerprint density at radius 3 is 2.82 bits per heavy atom. The van der Waals surface area contributed by atoms with Crippen LogP contribution in [0.1, 0.15) is 68.7 Å². The van der Waals surface area contributed by atoms with Gasteiger partial charge in [-0.25, -0.2) is 4.98 Å². The summed E-state index contributed by atoms with van der Waals surface area (Å²) in [6, 6.07) is 10.9. The number of aromatic nitrogens is 3. The van der Waals surface area contributed by atoms with E-state index in [-0.39, 0.29) is 6.61 Å². The van der Waals surface area contributed by atoms with Gasteiger partial charge >= 0.3 is 0 Å². The average molecular weight is 448 g/mol. The summed E-state index contributed by atoms with van der Waals surface area (Å²) >= 11 is 0. The maximum atomic E-state index is 10.5. The van der Waals surface area contributed by atoms with Crippen LogP contribution in [-0.2, 0) is 19.6 Å². The lowest BCUT2D eigenvalue weighted by Gasteiger charge is -2.34. The lowest BCUT2D eigenvalue weighted by molar-refractivity contribution is 0.171. The van der Waals surface area contributed by atoms with Crippen molar-refractivity contribution in [2.24, 2.45) is 11.8 Å². The predicted molar refractivity (Wildman–Crippen MR) is 132 cm³/mol. The highest BCUT2D eigenvalue weighted by atomic mass is 16.3. The largest absolute Gasteiger partial charge is 0.390 e. The Morgan fingerprint density at radius 1 is 1.18 bits per heavy atom. The maximum Gasteiger partial charge on any atom is 0.138 e. The molecule has 33 heavy (non-hydrogen) atoms. The van der Waals surface area contributed by atoms with Gasteiger partial charge < -0.3 is 10.0 Å². The van der Waals surface area contributed by atoms with E-state index < -0.39 is 0 Å². The standard InChI is InChI=1S/C27H37N5O/c1-4-30(23-10-5-8-20-9-7-14-28-27(20)23)17-22-24(18-33)32-25(29-22)11-6-12-26(32)31-15-13-21(16-31)19(2)3/h6-7,9,11-12,14,19,21,23,33H,4-5,8,10,13,15-18H2,1-3H3/t21?,23-/m0/s1. The molecule has 1 unspecified atom stereocenters. The summed E-state index contributed by atoms with van der Waals surface area (Å²) in [4.78, 5) is 14.7. The fraction of sp³-hybridized carbons (Fsp3) is 0.556. The lowest BCUT2D eigenvalue weighted by Crippen LogP contribution is -2.32. The molecule has 6 heteroatoms. The number of pyridine rings is 2. The van der Waals surface area contributed by atoms with Crippen molar-refractivity contribution in [1.82, 2.24) is 19.3 Å². The first-order chi connectivity index (χ1) is 16.1. The number of hydrogen-bond donors (Lipinski definition) is 1. The van der Waals surface area contributed by atoms with Crippen molar-refractivity contribution < 1.29 is 5.11 Å². The van der Waals surface area contributed by atoms with Crippen LogP contribution < -0.4 is 4.90 Å². The number of hydrogen-bond acceptors (Lipinski definition) is 5. The number of aryl methyl sites for hydroxylation is 1. The molecule has 6 nitrogen and oxygen atoms in total. The van der Waals surface area contributed by atoms with Crippen LogP contribution in [-0.4, -0.2) is 44.0 Å². The van der Waals surface area contributed by atoms with E-state index in [9.17, 15) is 5.11 Å². The molecule has 4 heterocycles. The van der Waals surface area contributed by atoms with Crippen LogP contribution in [0.4, 0.5) is 5.82 Å². The van der Waals surface area contributed by atoms with Crippen LogP contribution in [0, 0.1) is 11.8 Å². The van der Waals surface area contributed by atoms with E-state index in [0.717, 1.165) is 67.8 Å². The Labute approximate surface area is 197 Å². The number of imidazole rings is 1. The fourth-order valence-corrected chi connectivity index (χ4v) is 5.83. The maximum absolute atomic E-state index is 10.5. The normalized spacial score (nSPS) is 20.8. The third kappa shape index (κ3) is 4.15. The Hall–Kier alpha value is -2.44. The van der Waals surface area contributed by atoms with Crippen LogP contribution >= 0.6 is 0 Å². The van der Waals surface area contributed by atoms with E-state index in [2.05, 4.69) is 59.2 Å². The van der Waals surface area contributed by atoms with Crippen molar-refractivity contribution in [3.63, 3.8) is 0 Å². The summed E-state index contributed by atoms with van der Waals surface area (Å²) in [5.41, 5.74) is 5.43. The molecular formula is C27H37N5O. The van der Waals surface area contributed by atoms with E-state index in [0.29, 0.717) is 12.0 Å². The van der Waals surface area contributed by atoms with Gasteiger partial charge in [0.2, 0.25) is 0 Å². The fourth-order valence-electron chi connectivity index (χ4n) is 5.83. The van der Waals surface area contributed by atoms with Gasteiger partial charge in [0, 0.05) is 25.8 Å². The molecular weight excluding hydrogens is 410 g/mol. The quantitative estimate of drug-likeness (QED) is 0.573. The minimum atomic E-state index is -0.00792. The summed E-state index contributed by atoms with van der Waals surface area (Å²) in [5.74, 6) is 2.57. The van der Waals surface area contributed by atoms with Gasteiger partial charge in [0.05, 0.1) is 29.7 Å².